The third kappa shape index (κ3) is 3.35. The van der Waals surface area contributed by atoms with Crippen LogP contribution in [0.3, 0.4) is 0 Å². The van der Waals surface area contributed by atoms with Crippen LogP contribution in [0.5, 0.6) is 5.75 Å². The number of fused-ring (bicyclic) bond motifs is 2. The lowest BCUT2D eigenvalue weighted by atomic mass is 10.2. The normalized spacial score (nSPS) is 11.2. The van der Waals surface area contributed by atoms with E-state index in [4.69, 9.17) is 4.74 Å². The van der Waals surface area contributed by atoms with Crippen LogP contribution in [-0.4, -0.2) is 51.8 Å². The minimum Gasteiger partial charge on any atom is -0.497 e. The molecule has 11 nitrogen and oxygen atoms in total. The maximum absolute atomic E-state index is 5.28. The summed E-state index contributed by atoms with van der Waals surface area (Å²) in [5.41, 5.74) is 3.57. The van der Waals surface area contributed by atoms with Gasteiger partial charge in [-0.1, -0.05) is 0 Å². The fourth-order valence-electron chi connectivity index (χ4n) is 3.29. The van der Waals surface area contributed by atoms with Crippen LogP contribution in [0.25, 0.3) is 28.1 Å². The predicted octanol–water partition coefficient (Wildman–Crippen LogP) is 2.60. The molecule has 0 aliphatic heterocycles. The number of aryl methyl sites for hydroxylation is 3. The molecule has 0 aliphatic carbocycles. The molecular weight excluding hydrogens is 396 g/mol. The molecule has 0 amide bonds. The lowest BCUT2D eigenvalue weighted by molar-refractivity contribution is 0.415. The zero-order valence-corrected chi connectivity index (χ0v) is 17.3. The van der Waals surface area contributed by atoms with E-state index in [1.165, 1.54) is 0 Å². The Morgan fingerprint density at radius 1 is 0.935 bits per heavy atom. The molecule has 5 rings (SSSR count). The lowest BCUT2D eigenvalue weighted by Crippen LogP contribution is -2.06. The first-order chi connectivity index (χ1) is 15.0. The molecule has 31 heavy (non-hydrogen) atoms. The van der Waals surface area contributed by atoms with Crippen molar-refractivity contribution in [2.24, 2.45) is 0 Å². The van der Waals surface area contributed by atoms with Gasteiger partial charge in [0.2, 0.25) is 11.9 Å². The Kier molecular flexibility index (Phi) is 4.35. The van der Waals surface area contributed by atoms with E-state index in [9.17, 15) is 0 Å². The zero-order chi connectivity index (χ0) is 21.5. The van der Waals surface area contributed by atoms with Crippen LogP contribution in [0, 0.1) is 20.8 Å². The summed E-state index contributed by atoms with van der Waals surface area (Å²) in [5.74, 6) is 2.58. The van der Waals surface area contributed by atoms with Crippen molar-refractivity contribution >= 4 is 28.6 Å². The van der Waals surface area contributed by atoms with Gasteiger partial charge in [-0.05, 0) is 45.0 Å². The molecular formula is C20H18N10O. The van der Waals surface area contributed by atoms with E-state index in [2.05, 4.69) is 45.5 Å². The number of nitrogens with zero attached hydrogens (tertiary/aromatic N) is 9. The Labute approximate surface area is 176 Å². The van der Waals surface area contributed by atoms with Crippen LogP contribution in [0.1, 0.15) is 17.2 Å². The molecule has 0 aliphatic rings. The summed E-state index contributed by atoms with van der Waals surface area (Å²) in [6.07, 6.45) is 1.64. The first-order valence-corrected chi connectivity index (χ1v) is 9.51. The van der Waals surface area contributed by atoms with Crippen LogP contribution in [0.4, 0.5) is 11.9 Å². The Morgan fingerprint density at radius 3 is 2.65 bits per heavy atom. The highest BCUT2D eigenvalue weighted by Gasteiger charge is 2.14. The van der Waals surface area contributed by atoms with Crippen molar-refractivity contribution in [3.05, 3.63) is 47.7 Å². The summed E-state index contributed by atoms with van der Waals surface area (Å²) in [5, 5.41) is 16.8. The van der Waals surface area contributed by atoms with E-state index < -0.39 is 0 Å². The lowest BCUT2D eigenvalue weighted by Gasteiger charge is -2.09. The largest absolute Gasteiger partial charge is 0.497 e. The molecule has 4 heterocycles. The van der Waals surface area contributed by atoms with Gasteiger partial charge in [0, 0.05) is 11.6 Å². The average molecular weight is 414 g/mol. The van der Waals surface area contributed by atoms with Gasteiger partial charge in [-0.25, -0.2) is 19.9 Å². The predicted molar refractivity (Wildman–Crippen MR) is 113 cm³/mol. The summed E-state index contributed by atoms with van der Waals surface area (Å²) in [4.78, 5) is 22.2. The molecule has 5 aromatic rings. The maximum atomic E-state index is 5.28. The number of nitrogens with one attached hydrogen (secondary N) is 1. The minimum absolute atomic E-state index is 0.348. The van der Waals surface area contributed by atoms with Gasteiger partial charge in [-0.15, -0.1) is 15.3 Å². The monoisotopic (exact) mass is 414 g/mol. The molecule has 0 bridgehead atoms. The van der Waals surface area contributed by atoms with Gasteiger partial charge in [0.25, 0.3) is 5.78 Å². The Bertz CT molecular complexity index is 1450. The number of methoxy groups -OCH3 is 1. The van der Waals surface area contributed by atoms with Gasteiger partial charge >= 0.3 is 0 Å². The van der Waals surface area contributed by atoms with Crippen molar-refractivity contribution in [3.63, 3.8) is 0 Å². The smallest absolute Gasteiger partial charge is 0.272 e. The highest BCUT2D eigenvalue weighted by molar-refractivity contribution is 5.83. The van der Waals surface area contributed by atoms with Crippen molar-refractivity contribution in [1.82, 2.24) is 44.7 Å². The molecule has 0 radical (unpaired) electrons. The van der Waals surface area contributed by atoms with Crippen LogP contribution in [0.15, 0.2) is 30.5 Å². The fourth-order valence-corrected chi connectivity index (χ4v) is 3.29. The molecule has 0 saturated heterocycles. The Balaban J connectivity index is 1.51. The van der Waals surface area contributed by atoms with Gasteiger partial charge in [0.15, 0.2) is 0 Å². The van der Waals surface area contributed by atoms with Crippen molar-refractivity contribution in [1.29, 1.82) is 0 Å². The van der Waals surface area contributed by atoms with Crippen LogP contribution < -0.4 is 10.1 Å². The number of rotatable bonds is 4. The van der Waals surface area contributed by atoms with Crippen molar-refractivity contribution < 1.29 is 4.74 Å². The second-order valence-electron chi connectivity index (χ2n) is 6.91. The van der Waals surface area contributed by atoms with E-state index in [0.717, 1.165) is 28.0 Å². The van der Waals surface area contributed by atoms with Gasteiger partial charge in [-0.2, -0.15) is 9.50 Å². The summed E-state index contributed by atoms with van der Waals surface area (Å²) in [6.45, 7) is 5.62. The van der Waals surface area contributed by atoms with E-state index in [1.54, 1.807) is 23.9 Å². The van der Waals surface area contributed by atoms with Gasteiger partial charge in [0.05, 0.1) is 29.7 Å². The highest BCUT2D eigenvalue weighted by Crippen LogP contribution is 2.24. The number of hydrogen-bond donors (Lipinski definition) is 1. The summed E-state index contributed by atoms with van der Waals surface area (Å²) >= 11 is 0. The molecule has 0 spiro atoms. The molecule has 0 atom stereocenters. The zero-order valence-electron chi connectivity index (χ0n) is 17.3. The quantitative estimate of drug-likeness (QED) is 0.468. The topological polar surface area (TPSA) is 129 Å². The molecule has 11 heteroatoms. The van der Waals surface area contributed by atoms with E-state index >= 15 is 0 Å². The van der Waals surface area contributed by atoms with Gasteiger partial charge in [-0.3, -0.25) is 5.32 Å². The Morgan fingerprint density at radius 2 is 1.81 bits per heavy atom. The maximum Gasteiger partial charge on any atom is 0.272 e. The SMILES string of the molecule is COc1ccc2nc(Nc3nccc(-c4nnc5nc(C)nn5c4C)n3)nc(C)c2c1. The van der Waals surface area contributed by atoms with Crippen molar-refractivity contribution in [2.45, 2.75) is 20.8 Å². The summed E-state index contributed by atoms with van der Waals surface area (Å²) in [7, 11) is 1.63. The number of hydrogen-bond acceptors (Lipinski definition) is 10. The summed E-state index contributed by atoms with van der Waals surface area (Å²) < 4.78 is 6.93. The number of benzene rings is 1. The average Bonchev–Trinajstić information content (AvgIpc) is 3.15. The molecule has 0 saturated carbocycles. The first-order valence-electron chi connectivity index (χ1n) is 9.51. The molecule has 0 fully saturated rings. The standard InChI is InChI=1S/C20H18N10O/c1-10-14-9-13(31-4)5-6-15(14)24-19(22-10)26-18-21-8-7-16(25-18)17-11(2)30-20(28-27-17)23-12(3)29-30/h5-9H,1-4H3,(H,21,22,24,25,26). The molecule has 0 unspecified atom stereocenters. The second-order valence-corrected chi connectivity index (χ2v) is 6.91. The second kappa shape index (κ2) is 7.20. The minimum atomic E-state index is 0.348. The third-order valence-corrected chi connectivity index (χ3v) is 4.81. The van der Waals surface area contributed by atoms with E-state index in [-0.39, 0.29) is 0 Å². The Hall–Kier alpha value is -4.28. The fraction of sp³-hybridized carbons (Fsp3) is 0.200. The molecule has 154 valence electrons. The molecule has 1 aromatic carbocycles. The third-order valence-electron chi connectivity index (χ3n) is 4.81. The van der Waals surface area contributed by atoms with E-state index in [0.29, 0.717) is 34.9 Å². The van der Waals surface area contributed by atoms with Gasteiger partial charge < -0.3 is 4.74 Å². The molecule has 1 N–H and O–H groups in total. The number of ether oxygens (including phenoxy) is 1. The molecule has 4 aromatic heterocycles. The highest BCUT2D eigenvalue weighted by atomic mass is 16.5. The van der Waals surface area contributed by atoms with Crippen LogP contribution in [-0.2, 0) is 0 Å². The number of anilines is 2. The van der Waals surface area contributed by atoms with Crippen LogP contribution in [0.2, 0.25) is 0 Å². The van der Waals surface area contributed by atoms with Crippen molar-refractivity contribution in [3.8, 4) is 17.1 Å². The summed E-state index contributed by atoms with van der Waals surface area (Å²) in [6, 6.07) is 7.42. The van der Waals surface area contributed by atoms with Gasteiger partial charge in [0.1, 0.15) is 17.3 Å². The van der Waals surface area contributed by atoms with E-state index in [1.807, 2.05) is 39.0 Å². The van der Waals surface area contributed by atoms with Crippen molar-refractivity contribution in [2.75, 3.05) is 12.4 Å². The number of aromatic nitrogens is 9. The first kappa shape index (κ1) is 18.7. The van der Waals surface area contributed by atoms with Crippen LogP contribution >= 0.6 is 0 Å².